The van der Waals surface area contributed by atoms with Crippen molar-refractivity contribution < 1.29 is 9.90 Å². The lowest BCUT2D eigenvalue weighted by Gasteiger charge is -2.23. The SMILES string of the molecule is CCCC(C)(N)C(=O)NC[C@@H](C)O. The number of nitrogens with two attached hydrogens (primary N) is 1. The van der Waals surface area contributed by atoms with E-state index in [-0.39, 0.29) is 12.5 Å². The first kappa shape index (κ1) is 12.4. The summed E-state index contributed by atoms with van der Waals surface area (Å²) in [5.74, 6) is -0.199. The maximum Gasteiger partial charge on any atom is 0.239 e. The van der Waals surface area contributed by atoms with E-state index >= 15 is 0 Å². The second-order valence-electron chi connectivity index (χ2n) is 3.73. The molecule has 2 atom stereocenters. The van der Waals surface area contributed by atoms with E-state index in [1.807, 2.05) is 6.92 Å². The highest BCUT2D eigenvalue weighted by Crippen LogP contribution is 2.07. The number of carbonyl (C=O) groups is 1. The van der Waals surface area contributed by atoms with Crippen molar-refractivity contribution in [1.29, 1.82) is 0 Å². The third-order valence-electron chi connectivity index (χ3n) is 1.85. The van der Waals surface area contributed by atoms with Crippen molar-refractivity contribution in [2.24, 2.45) is 5.73 Å². The van der Waals surface area contributed by atoms with Crippen molar-refractivity contribution in [2.45, 2.75) is 45.3 Å². The molecule has 0 aromatic carbocycles. The Hall–Kier alpha value is -0.610. The van der Waals surface area contributed by atoms with Gasteiger partial charge in [-0.25, -0.2) is 0 Å². The number of hydrogen-bond acceptors (Lipinski definition) is 3. The molecule has 0 rings (SSSR count). The van der Waals surface area contributed by atoms with Gasteiger partial charge < -0.3 is 16.2 Å². The van der Waals surface area contributed by atoms with Crippen LogP contribution in [0.4, 0.5) is 0 Å². The van der Waals surface area contributed by atoms with Crippen molar-refractivity contribution in [2.75, 3.05) is 6.54 Å². The number of amides is 1. The van der Waals surface area contributed by atoms with Crippen molar-refractivity contribution in [3.05, 3.63) is 0 Å². The summed E-state index contributed by atoms with van der Waals surface area (Å²) in [5.41, 5.74) is 4.95. The smallest absolute Gasteiger partial charge is 0.239 e. The van der Waals surface area contributed by atoms with E-state index in [4.69, 9.17) is 10.8 Å². The molecule has 0 saturated heterocycles. The highest BCUT2D eigenvalue weighted by atomic mass is 16.3. The first-order valence-corrected chi connectivity index (χ1v) is 4.65. The summed E-state index contributed by atoms with van der Waals surface area (Å²) in [4.78, 5) is 11.4. The van der Waals surface area contributed by atoms with Gasteiger partial charge in [0, 0.05) is 6.54 Å². The normalized spacial score (nSPS) is 17.6. The molecule has 0 aromatic heterocycles. The molecule has 0 heterocycles. The highest BCUT2D eigenvalue weighted by molar-refractivity contribution is 5.85. The van der Waals surface area contributed by atoms with Crippen LogP contribution in [0.25, 0.3) is 0 Å². The van der Waals surface area contributed by atoms with Gasteiger partial charge in [-0.05, 0) is 20.3 Å². The fourth-order valence-electron chi connectivity index (χ4n) is 1.08. The van der Waals surface area contributed by atoms with E-state index in [0.717, 1.165) is 6.42 Å². The molecule has 0 aliphatic rings. The fraction of sp³-hybridized carbons (Fsp3) is 0.889. The Labute approximate surface area is 79.5 Å². The largest absolute Gasteiger partial charge is 0.392 e. The third-order valence-corrected chi connectivity index (χ3v) is 1.85. The maximum absolute atomic E-state index is 11.4. The number of nitrogens with one attached hydrogen (secondary N) is 1. The van der Waals surface area contributed by atoms with E-state index in [1.165, 1.54) is 0 Å². The van der Waals surface area contributed by atoms with Crippen LogP contribution in [-0.4, -0.2) is 29.2 Å². The lowest BCUT2D eigenvalue weighted by atomic mass is 9.96. The molecule has 4 nitrogen and oxygen atoms in total. The Kier molecular flexibility index (Phi) is 4.95. The molecule has 0 radical (unpaired) electrons. The fourth-order valence-corrected chi connectivity index (χ4v) is 1.08. The summed E-state index contributed by atoms with van der Waals surface area (Å²) in [6.45, 7) is 5.56. The van der Waals surface area contributed by atoms with Crippen LogP contribution in [0.2, 0.25) is 0 Å². The number of aliphatic hydroxyl groups excluding tert-OH is 1. The Morgan fingerprint density at radius 2 is 2.23 bits per heavy atom. The minimum atomic E-state index is -0.816. The quantitative estimate of drug-likeness (QED) is 0.568. The van der Waals surface area contributed by atoms with Gasteiger partial charge in [0.15, 0.2) is 0 Å². The van der Waals surface area contributed by atoms with Crippen LogP contribution in [0, 0.1) is 0 Å². The van der Waals surface area contributed by atoms with Crippen LogP contribution in [0.1, 0.15) is 33.6 Å². The van der Waals surface area contributed by atoms with E-state index in [0.29, 0.717) is 6.42 Å². The molecular formula is C9H20N2O2. The zero-order valence-electron chi connectivity index (χ0n) is 8.63. The summed E-state index contributed by atoms with van der Waals surface area (Å²) >= 11 is 0. The third kappa shape index (κ3) is 4.85. The van der Waals surface area contributed by atoms with E-state index in [1.54, 1.807) is 13.8 Å². The van der Waals surface area contributed by atoms with Gasteiger partial charge in [0.05, 0.1) is 11.6 Å². The summed E-state index contributed by atoms with van der Waals surface area (Å²) < 4.78 is 0. The van der Waals surface area contributed by atoms with Crippen LogP contribution < -0.4 is 11.1 Å². The maximum atomic E-state index is 11.4. The van der Waals surface area contributed by atoms with E-state index < -0.39 is 11.6 Å². The molecule has 0 fully saturated rings. The van der Waals surface area contributed by atoms with Crippen LogP contribution in [0.15, 0.2) is 0 Å². The van der Waals surface area contributed by atoms with Crippen molar-refractivity contribution in [3.63, 3.8) is 0 Å². The van der Waals surface area contributed by atoms with Crippen molar-refractivity contribution in [1.82, 2.24) is 5.32 Å². The van der Waals surface area contributed by atoms with Gasteiger partial charge in [-0.1, -0.05) is 13.3 Å². The number of rotatable bonds is 5. The molecule has 0 aliphatic heterocycles. The average Bonchev–Trinajstić information content (AvgIpc) is 1.99. The van der Waals surface area contributed by atoms with Gasteiger partial charge in [0.2, 0.25) is 5.91 Å². The molecule has 1 unspecified atom stereocenters. The van der Waals surface area contributed by atoms with Crippen LogP contribution >= 0.6 is 0 Å². The average molecular weight is 188 g/mol. The standard InChI is InChI=1S/C9H20N2O2/c1-4-5-9(3,10)8(13)11-6-7(2)12/h7,12H,4-6,10H2,1-3H3,(H,11,13)/t7-,9?/m1/s1. The summed E-state index contributed by atoms with van der Waals surface area (Å²) in [5, 5.41) is 11.5. The van der Waals surface area contributed by atoms with E-state index in [2.05, 4.69) is 5.32 Å². The second-order valence-corrected chi connectivity index (χ2v) is 3.73. The minimum Gasteiger partial charge on any atom is -0.392 e. The highest BCUT2D eigenvalue weighted by Gasteiger charge is 2.26. The topological polar surface area (TPSA) is 75.4 Å². The Bertz CT molecular complexity index is 167. The van der Waals surface area contributed by atoms with Gasteiger partial charge >= 0.3 is 0 Å². The summed E-state index contributed by atoms with van der Waals surface area (Å²) in [7, 11) is 0. The zero-order valence-corrected chi connectivity index (χ0v) is 8.63. The molecular weight excluding hydrogens is 168 g/mol. The Morgan fingerprint density at radius 1 is 1.69 bits per heavy atom. The zero-order chi connectivity index (χ0) is 10.5. The molecule has 4 N–H and O–H groups in total. The minimum absolute atomic E-state index is 0.199. The molecule has 1 amide bonds. The molecule has 78 valence electrons. The molecule has 13 heavy (non-hydrogen) atoms. The van der Waals surface area contributed by atoms with Crippen LogP contribution in [-0.2, 0) is 4.79 Å². The van der Waals surface area contributed by atoms with Gasteiger partial charge in [-0.2, -0.15) is 0 Å². The molecule has 0 aliphatic carbocycles. The predicted octanol–water partition coefficient (Wildman–Crippen LogP) is 0.000900. The first-order valence-electron chi connectivity index (χ1n) is 4.65. The van der Waals surface area contributed by atoms with Crippen molar-refractivity contribution in [3.8, 4) is 0 Å². The molecule has 0 bridgehead atoms. The van der Waals surface area contributed by atoms with Crippen molar-refractivity contribution >= 4 is 5.91 Å². The number of hydrogen-bond donors (Lipinski definition) is 3. The summed E-state index contributed by atoms with van der Waals surface area (Å²) in [6.07, 6.45) is 0.995. The Morgan fingerprint density at radius 3 is 2.62 bits per heavy atom. The van der Waals surface area contributed by atoms with Gasteiger partial charge in [0.25, 0.3) is 0 Å². The molecule has 0 aromatic rings. The first-order chi connectivity index (χ1) is 5.90. The van der Waals surface area contributed by atoms with Crippen LogP contribution in [0.5, 0.6) is 0 Å². The lowest BCUT2D eigenvalue weighted by molar-refractivity contribution is -0.126. The number of aliphatic hydroxyl groups is 1. The lowest BCUT2D eigenvalue weighted by Crippen LogP contribution is -2.52. The monoisotopic (exact) mass is 188 g/mol. The van der Waals surface area contributed by atoms with Gasteiger partial charge in [-0.15, -0.1) is 0 Å². The predicted molar refractivity (Wildman–Crippen MR) is 52.2 cm³/mol. The number of carbonyl (C=O) groups excluding carboxylic acids is 1. The van der Waals surface area contributed by atoms with Crippen LogP contribution in [0.3, 0.4) is 0 Å². The molecule has 4 heteroatoms. The Balaban J connectivity index is 3.94. The molecule has 0 saturated carbocycles. The van der Waals surface area contributed by atoms with Gasteiger partial charge in [0.1, 0.15) is 0 Å². The molecule has 0 spiro atoms. The summed E-state index contributed by atoms with van der Waals surface area (Å²) in [6, 6.07) is 0. The van der Waals surface area contributed by atoms with E-state index in [9.17, 15) is 4.79 Å². The van der Waals surface area contributed by atoms with Gasteiger partial charge in [-0.3, -0.25) is 4.79 Å². The second kappa shape index (κ2) is 5.19.